The SMILES string of the molecule is Cc1cc(S(=O)(=O)NCC(O)c2cccc3ccccc23)sc1Cl. The van der Waals surface area contributed by atoms with Crippen LogP contribution in [0.25, 0.3) is 10.8 Å². The van der Waals surface area contributed by atoms with Gasteiger partial charge in [0, 0.05) is 6.54 Å². The van der Waals surface area contributed by atoms with E-state index in [9.17, 15) is 13.5 Å². The lowest BCUT2D eigenvalue weighted by Crippen LogP contribution is -2.28. The molecule has 0 aliphatic carbocycles. The van der Waals surface area contributed by atoms with Gasteiger partial charge in [-0.3, -0.25) is 0 Å². The first kappa shape index (κ1) is 17.4. The van der Waals surface area contributed by atoms with E-state index in [-0.39, 0.29) is 10.8 Å². The number of aliphatic hydroxyl groups excluding tert-OH is 1. The highest BCUT2D eigenvalue weighted by Gasteiger charge is 2.20. The first-order valence-corrected chi connectivity index (χ1v) is 9.97. The number of aryl methyl sites for hydroxylation is 1. The van der Waals surface area contributed by atoms with E-state index in [1.807, 2.05) is 36.4 Å². The van der Waals surface area contributed by atoms with E-state index in [2.05, 4.69) is 4.72 Å². The molecule has 7 heteroatoms. The number of aliphatic hydroxyl groups is 1. The number of thiophene rings is 1. The van der Waals surface area contributed by atoms with Gasteiger partial charge < -0.3 is 5.11 Å². The predicted molar refractivity (Wildman–Crippen MR) is 98.2 cm³/mol. The van der Waals surface area contributed by atoms with Crippen LogP contribution < -0.4 is 4.72 Å². The minimum atomic E-state index is -3.69. The molecule has 3 aromatic rings. The highest BCUT2D eigenvalue weighted by atomic mass is 35.5. The highest BCUT2D eigenvalue weighted by molar-refractivity contribution is 7.91. The number of rotatable bonds is 5. The Morgan fingerprint density at radius 3 is 2.62 bits per heavy atom. The van der Waals surface area contributed by atoms with Crippen molar-refractivity contribution in [1.29, 1.82) is 0 Å². The number of hydrogen-bond acceptors (Lipinski definition) is 4. The van der Waals surface area contributed by atoms with Crippen molar-refractivity contribution < 1.29 is 13.5 Å². The fourth-order valence-corrected chi connectivity index (χ4v) is 5.27. The minimum absolute atomic E-state index is 0.106. The second-order valence-corrected chi connectivity index (χ2v) is 9.11. The molecule has 0 spiro atoms. The summed E-state index contributed by atoms with van der Waals surface area (Å²) in [6.45, 7) is 1.65. The summed E-state index contributed by atoms with van der Waals surface area (Å²) in [4.78, 5) is 0. The molecule has 126 valence electrons. The molecular formula is C17H16ClNO3S2. The number of halogens is 1. The molecule has 1 aromatic heterocycles. The third kappa shape index (κ3) is 3.48. The van der Waals surface area contributed by atoms with Crippen LogP contribution in [0.2, 0.25) is 4.34 Å². The summed E-state index contributed by atoms with van der Waals surface area (Å²) in [5, 5.41) is 12.3. The molecule has 2 aromatic carbocycles. The summed E-state index contributed by atoms with van der Waals surface area (Å²) in [5.74, 6) is 0. The lowest BCUT2D eigenvalue weighted by atomic mass is 10.0. The van der Waals surface area contributed by atoms with Crippen LogP contribution in [0.1, 0.15) is 17.2 Å². The lowest BCUT2D eigenvalue weighted by Gasteiger charge is -2.14. The zero-order valence-corrected chi connectivity index (χ0v) is 15.3. The van der Waals surface area contributed by atoms with Crippen LogP contribution in [-0.2, 0) is 10.0 Å². The second-order valence-electron chi connectivity index (χ2n) is 5.46. The van der Waals surface area contributed by atoms with E-state index in [1.165, 1.54) is 6.07 Å². The Morgan fingerprint density at radius 2 is 1.92 bits per heavy atom. The molecule has 2 N–H and O–H groups in total. The zero-order chi connectivity index (χ0) is 17.3. The van der Waals surface area contributed by atoms with Crippen molar-refractivity contribution in [1.82, 2.24) is 4.72 Å². The Morgan fingerprint density at radius 1 is 1.21 bits per heavy atom. The van der Waals surface area contributed by atoms with Crippen molar-refractivity contribution in [2.24, 2.45) is 0 Å². The Hall–Kier alpha value is -1.44. The fourth-order valence-electron chi connectivity index (χ4n) is 2.47. The van der Waals surface area contributed by atoms with Crippen molar-refractivity contribution in [2.45, 2.75) is 17.2 Å². The van der Waals surface area contributed by atoms with E-state index in [0.29, 0.717) is 9.90 Å². The largest absolute Gasteiger partial charge is 0.387 e. The van der Waals surface area contributed by atoms with Crippen LogP contribution in [-0.4, -0.2) is 20.1 Å². The van der Waals surface area contributed by atoms with E-state index in [1.54, 1.807) is 13.0 Å². The molecule has 0 amide bonds. The van der Waals surface area contributed by atoms with Gasteiger partial charge in [-0.25, -0.2) is 13.1 Å². The average molecular weight is 382 g/mol. The maximum Gasteiger partial charge on any atom is 0.250 e. The van der Waals surface area contributed by atoms with Crippen LogP contribution in [0.3, 0.4) is 0 Å². The quantitative estimate of drug-likeness (QED) is 0.704. The monoisotopic (exact) mass is 381 g/mol. The average Bonchev–Trinajstić information content (AvgIpc) is 2.92. The third-order valence-electron chi connectivity index (χ3n) is 3.75. The third-order valence-corrected chi connectivity index (χ3v) is 7.20. The van der Waals surface area contributed by atoms with Gasteiger partial charge in [0.15, 0.2) is 0 Å². The van der Waals surface area contributed by atoms with Gasteiger partial charge in [0.25, 0.3) is 0 Å². The first-order chi connectivity index (χ1) is 11.4. The molecule has 0 bridgehead atoms. The summed E-state index contributed by atoms with van der Waals surface area (Å²) in [5.41, 5.74) is 1.41. The summed E-state index contributed by atoms with van der Waals surface area (Å²) in [6.07, 6.45) is -0.942. The predicted octanol–water partition coefficient (Wildman–Crippen LogP) is 3.88. The molecule has 0 saturated carbocycles. The fraction of sp³-hybridized carbons (Fsp3) is 0.176. The van der Waals surface area contributed by atoms with Gasteiger partial charge in [-0.05, 0) is 34.9 Å². The van der Waals surface area contributed by atoms with Crippen LogP contribution in [0, 0.1) is 6.92 Å². The zero-order valence-electron chi connectivity index (χ0n) is 12.9. The Kier molecular flexibility index (Phi) is 4.94. The molecule has 24 heavy (non-hydrogen) atoms. The first-order valence-electron chi connectivity index (χ1n) is 7.30. The van der Waals surface area contributed by atoms with Gasteiger partial charge >= 0.3 is 0 Å². The molecule has 1 unspecified atom stereocenters. The van der Waals surface area contributed by atoms with E-state index in [0.717, 1.165) is 27.7 Å². The van der Waals surface area contributed by atoms with E-state index >= 15 is 0 Å². The topological polar surface area (TPSA) is 66.4 Å². The van der Waals surface area contributed by atoms with Crippen molar-refractivity contribution >= 4 is 43.7 Å². The standard InChI is InChI=1S/C17H16ClNO3S2/c1-11-9-16(23-17(11)18)24(21,22)19-10-15(20)14-8-4-6-12-5-2-3-7-13(12)14/h2-9,15,19-20H,10H2,1H3. The highest BCUT2D eigenvalue weighted by Crippen LogP contribution is 2.30. The summed E-state index contributed by atoms with van der Waals surface area (Å²) in [6, 6.07) is 14.8. The van der Waals surface area contributed by atoms with Gasteiger partial charge in [-0.2, -0.15) is 0 Å². The van der Waals surface area contributed by atoms with Gasteiger partial charge in [0.05, 0.1) is 10.4 Å². The summed E-state index contributed by atoms with van der Waals surface area (Å²) >= 11 is 6.94. The molecule has 0 saturated heterocycles. The van der Waals surface area contributed by atoms with E-state index < -0.39 is 16.1 Å². The van der Waals surface area contributed by atoms with E-state index in [4.69, 9.17) is 11.6 Å². The smallest absolute Gasteiger partial charge is 0.250 e. The number of hydrogen-bond donors (Lipinski definition) is 2. The number of fused-ring (bicyclic) bond motifs is 1. The van der Waals surface area contributed by atoms with Gasteiger partial charge in [-0.15, -0.1) is 11.3 Å². The van der Waals surface area contributed by atoms with Crippen molar-refractivity contribution in [2.75, 3.05) is 6.54 Å². The Labute approximate surface area is 149 Å². The van der Waals surface area contributed by atoms with Crippen molar-refractivity contribution in [3.63, 3.8) is 0 Å². The second kappa shape index (κ2) is 6.82. The van der Waals surface area contributed by atoms with Gasteiger partial charge in [0.1, 0.15) is 4.21 Å². The molecule has 0 radical (unpaired) electrons. The summed E-state index contributed by atoms with van der Waals surface area (Å²) < 4.78 is 27.7. The normalized spacial score (nSPS) is 13.3. The van der Waals surface area contributed by atoms with Crippen LogP contribution in [0.5, 0.6) is 0 Å². The molecule has 1 heterocycles. The van der Waals surface area contributed by atoms with Gasteiger partial charge in [0.2, 0.25) is 10.0 Å². The van der Waals surface area contributed by atoms with Gasteiger partial charge in [-0.1, -0.05) is 54.1 Å². The number of benzene rings is 2. The van der Waals surface area contributed by atoms with Crippen molar-refractivity contribution in [3.8, 4) is 0 Å². The maximum absolute atomic E-state index is 12.3. The molecule has 4 nitrogen and oxygen atoms in total. The molecule has 1 atom stereocenters. The lowest BCUT2D eigenvalue weighted by molar-refractivity contribution is 0.183. The number of sulfonamides is 1. The van der Waals surface area contributed by atoms with Crippen LogP contribution in [0.15, 0.2) is 52.7 Å². The molecule has 3 rings (SSSR count). The minimum Gasteiger partial charge on any atom is -0.387 e. The maximum atomic E-state index is 12.3. The Balaban J connectivity index is 1.81. The number of nitrogens with one attached hydrogen (secondary N) is 1. The van der Waals surface area contributed by atoms with Crippen molar-refractivity contribution in [3.05, 3.63) is 64.0 Å². The molecular weight excluding hydrogens is 366 g/mol. The van der Waals surface area contributed by atoms with Crippen LogP contribution >= 0.6 is 22.9 Å². The summed E-state index contributed by atoms with van der Waals surface area (Å²) in [7, 11) is -3.69. The van der Waals surface area contributed by atoms with Crippen LogP contribution in [0.4, 0.5) is 0 Å². The molecule has 0 aliphatic rings. The molecule has 0 aliphatic heterocycles. The Bertz CT molecular complexity index is 958. The molecule has 0 fully saturated rings.